The molecular formula is C14H11NaO6. The molecule has 7 heteroatoms. The normalized spacial score (nSPS) is 8.38. The molecule has 0 aliphatic rings. The first kappa shape index (κ1) is 19.0. The Balaban J connectivity index is 0.000000715. The Morgan fingerprint density at radius 1 is 0.810 bits per heavy atom. The van der Waals surface area contributed by atoms with Gasteiger partial charge >= 0.3 is 35.7 Å². The summed E-state index contributed by atoms with van der Waals surface area (Å²) in [6, 6.07) is 17.6. The van der Waals surface area contributed by atoms with Crippen LogP contribution in [0.1, 0.15) is 0 Å². The van der Waals surface area contributed by atoms with E-state index >= 15 is 0 Å². The zero-order valence-corrected chi connectivity index (χ0v) is 13.3. The number of hydrogen-bond acceptors (Lipinski definition) is 5. The Hall–Kier alpha value is -2.02. The van der Waals surface area contributed by atoms with Crippen molar-refractivity contribution in [1.82, 2.24) is 0 Å². The third-order valence-corrected chi connectivity index (χ3v) is 1.89. The van der Waals surface area contributed by atoms with Gasteiger partial charge in [0.05, 0.1) is 0 Å². The second-order valence-electron chi connectivity index (χ2n) is 3.35. The Morgan fingerprint density at radius 3 is 1.38 bits per heavy atom. The second kappa shape index (κ2) is 10.7. The molecule has 0 fully saturated rings. The fourth-order valence-corrected chi connectivity index (χ4v) is 1.19. The molecule has 0 atom stereocenters. The van der Waals surface area contributed by atoms with E-state index < -0.39 is 12.3 Å². The average Bonchev–Trinajstić information content (AvgIpc) is 2.40. The SMILES string of the molecule is O=C(Oc1ccccc1)Oc1ccccc1.O=C([O-])O.[Na+]. The van der Waals surface area contributed by atoms with Gasteiger partial charge in [-0.25, -0.2) is 4.79 Å². The number of carbonyl (C=O) groups is 2. The number of ether oxygens (including phenoxy) is 2. The maximum atomic E-state index is 11.3. The molecule has 2 rings (SSSR count). The summed E-state index contributed by atoms with van der Waals surface area (Å²) >= 11 is 0. The summed E-state index contributed by atoms with van der Waals surface area (Å²) in [6.07, 6.45) is -2.82. The van der Waals surface area contributed by atoms with Gasteiger partial charge in [-0.3, -0.25) is 0 Å². The van der Waals surface area contributed by atoms with Gasteiger partial charge in [-0.2, -0.15) is 0 Å². The van der Waals surface area contributed by atoms with Crippen LogP contribution >= 0.6 is 0 Å². The van der Waals surface area contributed by atoms with Crippen LogP contribution in [0.15, 0.2) is 60.7 Å². The number of benzene rings is 2. The van der Waals surface area contributed by atoms with Gasteiger partial charge in [0.15, 0.2) is 0 Å². The standard InChI is InChI=1S/C13H10O3.CH2O3.Na/c14-13(15-11-7-3-1-4-8-11)16-12-9-5-2-6-10-12;2-1(3)4;/h1-10H;(H2,2,3,4);/q;;+1/p-1. The number of carboxylic acid groups (broad SMARTS) is 2. The first-order valence-electron chi connectivity index (χ1n) is 5.47. The molecule has 0 aromatic heterocycles. The first-order chi connectivity index (χ1) is 9.58. The summed E-state index contributed by atoms with van der Waals surface area (Å²) in [5.41, 5.74) is 0. The van der Waals surface area contributed by atoms with Crippen molar-refractivity contribution in [2.24, 2.45) is 0 Å². The third kappa shape index (κ3) is 9.50. The zero-order valence-electron chi connectivity index (χ0n) is 11.3. The molecule has 0 unspecified atom stereocenters. The molecule has 21 heavy (non-hydrogen) atoms. The van der Waals surface area contributed by atoms with E-state index in [-0.39, 0.29) is 29.6 Å². The summed E-state index contributed by atoms with van der Waals surface area (Å²) in [5, 5.41) is 15.3. The molecule has 2 aromatic carbocycles. The number of hydrogen-bond donors (Lipinski definition) is 1. The fraction of sp³-hybridized carbons (Fsp3) is 0. The molecule has 1 N–H and O–H groups in total. The van der Waals surface area contributed by atoms with Gasteiger partial charge in [-0.15, -0.1) is 0 Å². The van der Waals surface area contributed by atoms with Crippen LogP contribution in [0, 0.1) is 0 Å². The van der Waals surface area contributed by atoms with Crippen LogP contribution in [0.4, 0.5) is 9.59 Å². The van der Waals surface area contributed by atoms with E-state index in [4.69, 9.17) is 24.5 Å². The summed E-state index contributed by atoms with van der Waals surface area (Å²) in [6.45, 7) is 0. The molecule has 0 saturated carbocycles. The van der Waals surface area contributed by atoms with E-state index in [2.05, 4.69) is 0 Å². The van der Waals surface area contributed by atoms with Crippen molar-refractivity contribution in [3.05, 3.63) is 60.7 Å². The fourth-order valence-electron chi connectivity index (χ4n) is 1.19. The molecule has 6 nitrogen and oxygen atoms in total. The second-order valence-corrected chi connectivity index (χ2v) is 3.35. The molecule has 0 heterocycles. The van der Waals surface area contributed by atoms with E-state index in [1.807, 2.05) is 12.1 Å². The summed E-state index contributed by atoms with van der Waals surface area (Å²) in [4.78, 5) is 19.8. The number of para-hydroxylation sites is 2. The van der Waals surface area contributed by atoms with E-state index in [9.17, 15) is 4.79 Å². The van der Waals surface area contributed by atoms with Gasteiger partial charge in [-0.1, -0.05) is 36.4 Å². The van der Waals surface area contributed by atoms with Crippen LogP contribution in [0.2, 0.25) is 0 Å². The molecule has 0 aliphatic carbocycles. The van der Waals surface area contributed by atoms with Crippen molar-refractivity contribution in [3.8, 4) is 11.5 Å². The largest absolute Gasteiger partial charge is 1.00 e. The van der Waals surface area contributed by atoms with Crippen LogP contribution in [-0.2, 0) is 0 Å². The third-order valence-electron chi connectivity index (χ3n) is 1.89. The molecule has 0 amide bonds. The number of carbonyl (C=O) groups excluding carboxylic acids is 1. The van der Waals surface area contributed by atoms with Crippen molar-refractivity contribution >= 4 is 12.3 Å². The van der Waals surface area contributed by atoms with E-state index in [0.29, 0.717) is 11.5 Å². The van der Waals surface area contributed by atoms with Gasteiger partial charge in [0.25, 0.3) is 0 Å². The molecule has 0 saturated heterocycles. The minimum absolute atomic E-state index is 0. The Kier molecular flexibility index (Phi) is 9.70. The predicted molar refractivity (Wildman–Crippen MR) is 67.6 cm³/mol. The van der Waals surface area contributed by atoms with E-state index in [0.717, 1.165) is 0 Å². The summed E-state index contributed by atoms with van der Waals surface area (Å²) in [7, 11) is 0. The van der Waals surface area contributed by atoms with Gasteiger partial charge in [0.1, 0.15) is 11.5 Å². The van der Waals surface area contributed by atoms with E-state index in [1.54, 1.807) is 48.5 Å². The average molecular weight is 298 g/mol. The van der Waals surface area contributed by atoms with E-state index in [1.165, 1.54) is 0 Å². The molecule has 104 valence electrons. The van der Waals surface area contributed by atoms with Crippen LogP contribution in [0.25, 0.3) is 0 Å². The van der Waals surface area contributed by atoms with Crippen molar-refractivity contribution in [3.63, 3.8) is 0 Å². The predicted octanol–water partition coefficient (Wildman–Crippen LogP) is -0.844. The Morgan fingerprint density at radius 2 is 1.10 bits per heavy atom. The van der Waals surface area contributed by atoms with Crippen LogP contribution in [-0.4, -0.2) is 17.4 Å². The minimum atomic E-state index is -2.08. The van der Waals surface area contributed by atoms with Crippen LogP contribution in [0.3, 0.4) is 0 Å². The number of rotatable bonds is 2. The molecule has 2 aromatic rings. The van der Waals surface area contributed by atoms with Crippen molar-refractivity contribution < 1.29 is 58.8 Å². The monoisotopic (exact) mass is 298 g/mol. The Bertz CT molecular complexity index is 496. The molecule has 0 radical (unpaired) electrons. The van der Waals surface area contributed by atoms with Gasteiger partial charge in [0.2, 0.25) is 6.16 Å². The van der Waals surface area contributed by atoms with Crippen molar-refractivity contribution in [1.29, 1.82) is 0 Å². The molecule has 0 aliphatic heterocycles. The molecular weight excluding hydrogens is 287 g/mol. The summed E-state index contributed by atoms with van der Waals surface area (Å²) in [5.74, 6) is 0.923. The maximum Gasteiger partial charge on any atom is 1.00 e. The zero-order chi connectivity index (χ0) is 14.8. The van der Waals surface area contributed by atoms with Crippen molar-refractivity contribution in [2.75, 3.05) is 0 Å². The van der Waals surface area contributed by atoms with Crippen LogP contribution in [0.5, 0.6) is 11.5 Å². The Labute approximate surface area is 143 Å². The summed E-state index contributed by atoms with van der Waals surface area (Å²) < 4.78 is 9.91. The topological polar surface area (TPSA) is 95.9 Å². The molecule has 0 spiro atoms. The van der Waals surface area contributed by atoms with Crippen LogP contribution < -0.4 is 44.1 Å². The maximum absolute atomic E-state index is 11.3. The smallest absolute Gasteiger partial charge is 0.565 e. The molecule has 0 bridgehead atoms. The van der Waals surface area contributed by atoms with Crippen molar-refractivity contribution in [2.45, 2.75) is 0 Å². The van der Waals surface area contributed by atoms with Gasteiger partial charge < -0.3 is 24.5 Å². The quantitative estimate of drug-likeness (QED) is 0.441. The van der Waals surface area contributed by atoms with Gasteiger partial charge in [-0.05, 0) is 24.3 Å². The van der Waals surface area contributed by atoms with Gasteiger partial charge in [0, 0.05) is 0 Å². The first-order valence-corrected chi connectivity index (χ1v) is 5.47. The minimum Gasteiger partial charge on any atom is -0.565 e.